The number of carboxylic acids is 1. The van der Waals surface area contributed by atoms with Crippen molar-refractivity contribution in [1.82, 2.24) is 4.98 Å². The highest BCUT2D eigenvalue weighted by Crippen LogP contribution is 2.10. The Morgan fingerprint density at radius 3 is 3.00 bits per heavy atom. The highest BCUT2D eigenvalue weighted by Gasteiger charge is 2.04. The molecule has 4 heteroatoms. The summed E-state index contributed by atoms with van der Waals surface area (Å²) in [6.45, 7) is 1.68. The minimum atomic E-state index is -1.07. The van der Waals surface area contributed by atoms with Gasteiger partial charge in [-0.1, -0.05) is 0 Å². The lowest BCUT2D eigenvalue weighted by Gasteiger charge is -1.78. The Bertz CT molecular complexity index is 271. The summed E-state index contributed by atoms with van der Waals surface area (Å²) in [5, 5.41) is 9.04. The maximum absolute atomic E-state index is 10.3. The number of aromatic carboxylic acids is 1. The molecule has 0 bridgehead atoms. The maximum atomic E-state index is 10.3. The number of thiazole rings is 1. The molecule has 0 saturated carbocycles. The van der Waals surface area contributed by atoms with E-state index in [0.717, 1.165) is 11.3 Å². The van der Waals surface area contributed by atoms with E-state index in [2.05, 4.69) is 4.98 Å². The largest absolute Gasteiger partial charge is 0.477 e. The van der Waals surface area contributed by atoms with Gasteiger partial charge in [-0.15, -0.1) is 11.3 Å². The number of aromatic nitrogens is 1. The first kappa shape index (κ1) is 4.93. The average Bonchev–Trinajstić information content (AvgIpc) is 2.10. The van der Waals surface area contributed by atoms with Gasteiger partial charge < -0.3 is 5.11 Å². The zero-order chi connectivity index (χ0) is 7.72. The van der Waals surface area contributed by atoms with Crippen molar-refractivity contribution in [2.45, 2.75) is 6.92 Å². The van der Waals surface area contributed by atoms with Gasteiger partial charge in [0.05, 0.1) is 12.6 Å². The Kier molecular flexibility index (Phi) is 1.17. The lowest BCUT2D eigenvalue weighted by atomic mass is 10.6. The fourth-order valence-electron chi connectivity index (χ4n) is 0.414. The third-order valence-electron chi connectivity index (χ3n) is 0.759. The summed E-state index contributed by atoms with van der Waals surface area (Å²) in [6, 6.07) is 0. The molecule has 0 fully saturated rings. The molecular formula is C5H5NO2S. The van der Waals surface area contributed by atoms with Gasteiger partial charge in [0.2, 0.25) is 0 Å². The molecule has 1 N–H and O–H groups in total. The van der Waals surface area contributed by atoms with Crippen LogP contribution in [0.4, 0.5) is 0 Å². The van der Waals surface area contributed by atoms with Crippen molar-refractivity contribution < 1.29 is 11.3 Å². The van der Waals surface area contributed by atoms with Crippen molar-refractivity contribution in [3.05, 3.63) is 16.1 Å². The van der Waals surface area contributed by atoms with Gasteiger partial charge in [-0.05, 0) is 6.92 Å². The first-order valence-electron chi connectivity index (χ1n) is 2.78. The number of carboxylic acid groups (broad SMARTS) is 1. The van der Waals surface area contributed by atoms with Crippen LogP contribution in [0.25, 0.3) is 0 Å². The van der Waals surface area contributed by atoms with E-state index in [1.165, 1.54) is 0 Å². The summed E-state index contributed by atoms with van der Waals surface area (Å²) in [7, 11) is 0. The van der Waals surface area contributed by atoms with Crippen LogP contribution in [0.3, 0.4) is 0 Å². The lowest BCUT2D eigenvalue weighted by Crippen LogP contribution is -1.89. The van der Waals surface area contributed by atoms with Gasteiger partial charge in [-0.25, -0.2) is 9.78 Å². The van der Waals surface area contributed by atoms with Crippen LogP contribution in [-0.4, -0.2) is 16.1 Å². The molecule has 3 nitrogen and oxygen atoms in total. The predicted molar refractivity (Wildman–Crippen MR) is 33.8 cm³/mol. The van der Waals surface area contributed by atoms with Gasteiger partial charge in [0.15, 0.2) is 0 Å². The first-order chi connectivity index (χ1) is 4.61. The molecule has 0 radical (unpaired) electrons. The molecular weight excluding hydrogens is 138 g/mol. The van der Waals surface area contributed by atoms with Gasteiger partial charge in [0.25, 0.3) is 0 Å². The molecule has 1 rings (SSSR count). The SMILES string of the molecule is [2H]c1nc(C)sc1C(=O)O. The molecule has 0 aromatic carbocycles. The van der Waals surface area contributed by atoms with E-state index in [9.17, 15) is 4.79 Å². The molecule has 1 heterocycles. The summed E-state index contributed by atoms with van der Waals surface area (Å²) >= 11 is 1.02. The van der Waals surface area contributed by atoms with E-state index in [0.29, 0.717) is 5.01 Å². The van der Waals surface area contributed by atoms with E-state index in [4.69, 9.17) is 6.48 Å². The zero-order valence-corrected chi connectivity index (χ0v) is 5.53. The minimum Gasteiger partial charge on any atom is -0.477 e. The molecule has 48 valence electrons. The van der Waals surface area contributed by atoms with Crippen LogP contribution in [0, 0.1) is 6.92 Å². The van der Waals surface area contributed by atoms with Gasteiger partial charge in [-0.2, -0.15) is 0 Å². The molecule has 0 spiro atoms. The lowest BCUT2D eigenvalue weighted by molar-refractivity contribution is 0.0702. The number of aryl methyl sites for hydroxylation is 1. The summed E-state index contributed by atoms with van der Waals surface area (Å²) in [4.78, 5) is 13.9. The highest BCUT2D eigenvalue weighted by atomic mass is 32.1. The average molecular weight is 144 g/mol. The Morgan fingerprint density at radius 1 is 2.11 bits per heavy atom. The van der Waals surface area contributed by atoms with Crippen LogP contribution >= 0.6 is 11.3 Å². The number of hydrogen-bond acceptors (Lipinski definition) is 3. The first-order valence-corrected chi connectivity index (χ1v) is 3.10. The fraction of sp³-hybridized carbons (Fsp3) is 0.200. The second-order valence-electron chi connectivity index (χ2n) is 1.48. The van der Waals surface area contributed by atoms with Crippen molar-refractivity contribution in [2.24, 2.45) is 0 Å². The highest BCUT2D eigenvalue weighted by molar-refractivity contribution is 7.13. The molecule has 0 aliphatic carbocycles. The van der Waals surface area contributed by atoms with Gasteiger partial charge in [0.1, 0.15) is 4.88 Å². The third-order valence-corrected chi connectivity index (χ3v) is 1.62. The van der Waals surface area contributed by atoms with Crippen LogP contribution in [0.2, 0.25) is 0 Å². The standard InChI is InChI=1S/C5H5NO2S/c1-3-6-2-4(9-3)5(7)8/h2H,1H3,(H,7,8)/i2D. The van der Waals surface area contributed by atoms with Crippen LogP contribution in [0.15, 0.2) is 6.17 Å². The van der Waals surface area contributed by atoms with Gasteiger partial charge in [0, 0.05) is 0 Å². The molecule has 0 amide bonds. The number of rotatable bonds is 1. The van der Waals surface area contributed by atoms with Crippen LogP contribution in [0.5, 0.6) is 0 Å². The molecule has 0 unspecified atom stereocenters. The van der Waals surface area contributed by atoms with E-state index in [1.54, 1.807) is 6.92 Å². The van der Waals surface area contributed by atoms with Crippen molar-refractivity contribution in [3.63, 3.8) is 0 Å². The summed E-state index contributed by atoms with van der Waals surface area (Å²) in [5.41, 5.74) is 0. The van der Waals surface area contributed by atoms with Crippen molar-refractivity contribution >= 4 is 17.3 Å². The molecule has 0 aliphatic heterocycles. The van der Waals surface area contributed by atoms with Crippen LogP contribution in [0.1, 0.15) is 16.1 Å². The maximum Gasteiger partial charge on any atom is 0.347 e. The molecule has 9 heavy (non-hydrogen) atoms. The molecule has 1 aromatic rings. The topological polar surface area (TPSA) is 50.2 Å². The Balaban J connectivity index is 3.15. The number of nitrogens with zero attached hydrogens (tertiary/aromatic N) is 1. The van der Waals surface area contributed by atoms with Gasteiger partial charge in [-0.3, -0.25) is 0 Å². The Labute approximate surface area is 57.4 Å². The fourth-order valence-corrected chi connectivity index (χ4v) is 0.980. The predicted octanol–water partition coefficient (Wildman–Crippen LogP) is 1.15. The minimum absolute atomic E-state index is 0.0116. The summed E-state index contributed by atoms with van der Waals surface area (Å²) < 4.78 is 7.04. The van der Waals surface area contributed by atoms with E-state index in [-0.39, 0.29) is 11.1 Å². The smallest absolute Gasteiger partial charge is 0.347 e. The van der Waals surface area contributed by atoms with Crippen LogP contribution < -0.4 is 0 Å². The van der Waals surface area contributed by atoms with Crippen LogP contribution in [-0.2, 0) is 0 Å². The van der Waals surface area contributed by atoms with Crippen molar-refractivity contribution in [2.75, 3.05) is 0 Å². The molecule has 0 atom stereocenters. The van der Waals surface area contributed by atoms with E-state index < -0.39 is 5.97 Å². The third kappa shape index (κ3) is 1.26. The van der Waals surface area contributed by atoms with E-state index >= 15 is 0 Å². The molecule has 0 saturated heterocycles. The second-order valence-corrected chi connectivity index (χ2v) is 2.68. The monoisotopic (exact) mass is 144 g/mol. The second kappa shape index (κ2) is 2.14. The molecule has 1 aromatic heterocycles. The van der Waals surface area contributed by atoms with Gasteiger partial charge >= 0.3 is 5.97 Å². The number of carbonyl (C=O) groups is 1. The van der Waals surface area contributed by atoms with Crippen molar-refractivity contribution in [1.29, 1.82) is 0 Å². The summed E-state index contributed by atoms with van der Waals surface area (Å²) in [5.74, 6) is -1.07. The Morgan fingerprint density at radius 2 is 2.78 bits per heavy atom. The van der Waals surface area contributed by atoms with E-state index in [1.807, 2.05) is 0 Å². The van der Waals surface area contributed by atoms with Crippen molar-refractivity contribution in [3.8, 4) is 0 Å². The number of hydrogen-bond donors (Lipinski definition) is 1. The quantitative estimate of drug-likeness (QED) is 0.643. The normalized spacial score (nSPS) is 11.0. The summed E-state index contributed by atoms with van der Waals surface area (Å²) in [6.07, 6.45) is -0.144. The molecule has 0 aliphatic rings. The zero-order valence-electron chi connectivity index (χ0n) is 5.71. The Hall–Kier alpha value is -0.900.